The normalized spacial score (nSPS) is 11.0. The maximum absolute atomic E-state index is 12.9. The number of nitrogens with one attached hydrogen (secondary N) is 1. The van der Waals surface area contributed by atoms with Crippen molar-refractivity contribution in [2.45, 2.75) is 0 Å². The van der Waals surface area contributed by atoms with Crippen LogP contribution in [0.25, 0.3) is 33.5 Å². The van der Waals surface area contributed by atoms with Crippen LogP contribution < -0.4 is 10.2 Å². The minimum absolute atomic E-state index is 0.343. The first-order chi connectivity index (χ1) is 19.7. The summed E-state index contributed by atoms with van der Waals surface area (Å²) in [7, 11) is 0. The minimum atomic E-state index is -0.343. The zero-order chi connectivity index (χ0) is 27.1. The van der Waals surface area contributed by atoms with Gasteiger partial charge in [-0.3, -0.25) is 4.79 Å². The van der Waals surface area contributed by atoms with Gasteiger partial charge in [-0.25, -0.2) is 15.4 Å². The monoisotopic (exact) mass is 520 g/mol. The molecule has 0 spiro atoms. The molecule has 6 rings (SSSR count). The number of carbonyl (C=O) groups excluding carboxylic acids is 1. The van der Waals surface area contributed by atoms with Crippen molar-refractivity contribution in [2.24, 2.45) is 5.10 Å². The van der Waals surface area contributed by atoms with Crippen molar-refractivity contribution < 1.29 is 9.53 Å². The third-order valence-corrected chi connectivity index (χ3v) is 6.24. The molecule has 0 bridgehead atoms. The van der Waals surface area contributed by atoms with E-state index in [0.717, 1.165) is 33.8 Å². The van der Waals surface area contributed by atoms with Gasteiger partial charge in [0, 0.05) is 16.7 Å². The van der Waals surface area contributed by atoms with Crippen molar-refractivity contribution in [3.63, 3.8) is 0 Å². The number of nitrogens with zero attached hydrogens (tertiary/aromatic N) is 3. The third kappa shape index (κ3) is 5.61. The molecule has 192 valence electrons. The molecule has 40 heavy (non-hydrogen) atoms. The van der Waals surface area contributed by atoms with Crippen LogP contribution in [0.1, 0.15) is 15.9 Å². The Kier molecular flexibility index (Phi) is 7.05. The standard InChI is InChI=1S/C34H24N4O2/c39-34(38-35-23-24-11-10-18-29(21-24)40-28-16-8-3-9-17-28)27-19-20-30-31(22-27)37-33(26-14-6-2-7-15-26)32(36-30)25-12-4-1-5-13-25/h1-23H,(H,38,39). The predicted molar refractivity (Wildman–Crippen MR) is 158 cm³/mol. The highest BCUT2D eigenvalue weighted by Crippen LogP contribution is 2.31. The Balaban J connectivity index is 1.24. The summed E-state index contributed by atoms with van der Waals surface area (Å²) in [6, 6.07) is 42.2. The highest BCUT2D eigenvalue weighted by Gasteiger charge is 2.14. The van der Waals surface area contributed by atoms with E-state index in [4.69, 9.17) is 14.7 Å². The van der Waals surface area contributed by atoms with E-state index in [0.29, 0.717) is 22.3 Å². The van der Waals surface area contributed by atoms with E-state index in [9.17, 15) is 4.79 Å². The molecule has 0 fully saturated rings. The molecule has 0 aliphatic rings. The van der Waals surface area contributed by atoms with Gasteiger partial charge in [0.1, 0.15) is 11.5 Å². The van der Waals surface area contributed by atoms with Crippen LogP contribution in [0.15, 0.2) is 139 Å². The summed E-state index contributed by atoms with van der Waals surface area (Å²) in [5, 5.41) is 4.15. The summed E-state index contributed by atoms with van der Waals surface area (Å²) in [4.78, 5) is 22.8. The number of amides is 1. The second-order valence-corrected chi connectivity index (χ2v) is 9.04. The van der Waals surface area contributed by atoms with E-state index >= 15 is 0 Å². The highest BCUT2D eigenvalue weighted by atomic mass is 16.5. The van der Waals surface area contributed by atoms with Gasteiger partial charge < -0.3 is 4.74 Å². The van der Waals surface area contributed by atoms with Gasteiger partial charge in [-0.2, -0.15) is 5.10 Å². The van der Waals surface area contributed by atoms with Crippen molar-refractivity contribution in [1.82, 2.24) is 15.4 Å². The lowest BCUT2D eigenvalue weighted by Crippen LogP contribution is -2.17. The van der Waals surface area contributed by atoms with E-state index < -0.39 is 0 Å². The Bertz CT molecular complexity index is 1810. The molecule has 0 aliphatic heterocycles. The number of hydrogen-bond acceptors (Lipinski definition) is 5. The number of aromatic nitrogens is 2. The van der Waals surface area contributed by atoms with Gasteiger partial charge in [-0.05, 0) is 48.0 Å². The fourth-order valence-corrected chi connectivity index (χ4v) is 4.30. The van der Waals surface area contributed by atoms with Gasteiger partial charge in [0.2, 0.25) is 0 Å². The molecular weight excluding hydrogens is 496 g/mol. The van der Waals surface area contributed by atoms with Crippen LogP contribution in [-0.4, -0.2) is 22.1 Å². The lowest BCUT2D eigenvalue weighted by atomic mass is 10.0. The summed E-state index contributed by atoms with van der Waals surface area (Å²) in [5.74, 6) is 1.08. The van der Waals surface area contributed by atoms with Crippen molar-refractivity contribution in [2.75, 3.05) is 0 Å². The number of fused-ring (bicyclic) bond motifs is 1. The van der Waals surface area contributed by atoms with Gasteiger partial charge in [0.05, 0.1) is 28.6 Å². The van der Waals surface area contributed by atoms with Crippen LogP contribution >= 0.6 is 0 Å². The highest BCUT2D eigenvalue weighted by molar-refractivity contribution is 5.98. The Morgan fingerprint density at radius 1 is 0.625 bits per heavy atom. The third-order valence-electron chi connectivity index (χ3n) is 6.24. The Labute approximate surface area is 231 Å². The zero-order valence-electron chi connectivity index (χ0n) is 21.4. The summed E-state index contributed by atoms with van der Waals surface area (Å²) < 4.78 is 5.87. The maximum Gasteiger partial charge on any atom is 0.271 e. The Morgan fingerprint density at radius 2 is 1.23 bits per heavy atom. The van der Waals surface area contributed by atoms with E-state index in [1.54, 1.807) is 18.3 Å². The molecule has 6 heteroatoms. The molecule has 1 heterocycles. The maximum atomic E-state index is 12.9. The van der Waals surface area contributed by atoms with E-state index in [-0.39, 0.29) is 5.91 Å². The van der Waals surface area contributed by atoms with E-state index in [1.165, 1.54) is 0 Å². The number of ether oxygens (including phenoxy) is 1. The van der Waals surface area contributed by atoms with Crippen molar-refractivity contribution in [1.29, 1.82) is 0 Å². The second-order valence-electron chi connectivity index (χ2n) is 9.04. The molecule has 1 amide bonds. The van der Waals surface area contributed by atoms with Crippen LogP contribution in [0.4, 0.5) is 0 Å². The van der Waals surface area contributed by atoms with E-state index in [2.05, 4.69) is 10.5 Å². The molecule has 0 saturated heterocycles. The molecule has 0 aliphatic carbocycles. The minimum Gasteiger partial charge on any atom is -0.457 e. The molecule has 1 aromatic heterocycles. The second kappa shape index (κ2) is 11.4. The SMILES string of the molecule is O=C(NN=Cc1cccc(Oc2ccccc2)c1)c1ccc2nc(-c3ccccc3)c(-c3ccccc3)nc2c1. The van der Waals surface area contributed by atoms with E-state index in [1.807, 2.05) is 121 Å². The van der Waals surface area contributed by atoms with Gasteiger partial charge in [-0.1, -0.05) is 91.0 Å². The largest absolute Gasteiger partial charge is 0.457 e. The molecule has 6 nitrogen and oxygen atoms in total. The van der Waals surface area contributed by atoms with Gasteiger partial charge in [0.25, 0.3) is 5.91 Å². The van der Waals surface area contributed by atoms with Crippen molar-refractivity contribution in [3.8, 4) is 34.0 Å². The number of rotatable bonds is 7. The molecular formula is C34H24N4O2. The van der Waals surface area contributed by atoms with Crippen LogP contribution in [0, 0.1) is 0 Å². The van der Waals surface area contributed by atoms with Crippen LogP contribution in [-0.2, 0) is 0 Å². The van der Waals surface area contributed by atoms with Crippen LogP contribution in [0.2, 0.25) is 0 Å². The van der Waals surface area contributed by atoms with Gasteiger partial charge >= 0.3 is 0 Å². The first kappa shape index (κ1) is 24.7. The fourth-order valence-electron chi connectivity index (χ4n) is 4.30. The summed E-state index contributed by atoms with van der Waals surface area (Å²) in [6.45, 7) is 0. The molecule has 5 aromatic carbocycles. The smallest absolute Gasteiger partial charge is 0.271 e. The summed E-state index contributed by atoms with van der Waals surface area (Å²) >= 11 is 0. The zero-order valence-corrected chi connectivity index (χ0v) is 21.4. The van der Waals surface area contributed by atoms with Crippen molar-refractivity contribution in [3.05, 3.63) is 145 Å². The molecule has 6 aromatic rings. The number of hydrogen-bond donors (Lipinski definition) is 1. The Hall–Kier alpha value is -5.62. The van der Waals surface area contributed by atoms with Crippen molar-refractivity contribution >= 4 is 23.2 Å². The molecule has 1 N–H and O–H groups in total. The lowest BCUT2D eigenvalue weighted by Gasteiger charge is -2.11. The quantitative estimate of drug-likeness (QED) is 0.174. The number of benzene rings is 5. The first-order valence-corrected chi connectivity index (χ1v) is 12.8. The summed E-state index contributed by atoms with van der Waals surface area (Å²) in [5.41, 5.74) is 8.64. The fraction of sp³-hybridized carbons (Fsp3) is 0. The Morgan fingerprint density at radius 3 is 1.90 bits per heavy atom. The average molecular weight is 521 g/mol. The average Bonchev–Trinajstić information content (AvgIpc) is 3.01. The van der Waals surface area contributed by atoms with Crippen LogP contribution in [0.3, 0.4) is 0 Å². The van der Waals surface area contributed by atoms with Crippen LogP contribution in [0.5, 0.6) is 11.5 Å². The topological polar surface area (TPSA) is 76.5 Å². The predicted octanol–water partition coefficient (Wildman–Crippen LogP) is 7.52. The first-order valence-electron chi connectivity index (χ1n) is 12.8. The van der Waals surface area contributed by atoms with Gasteiger partial charge in [0.15, 0.2) is 0 Å². The molecule has 0 atom stereocenters. The lowest BCUT2D eigenvalue weighted by molar-refractivity contribution is 0.0955. The molecule has 0 saturated carbocycles. The van der Waals surface area contributed by atoms with Gasteiger partial charge in [-0.15, -0.1) is 0 Å². The number of hydrazone groups is 1. The number of para-hydroxylation sites is 1. The molecule has 0 radical (unpaired) electrons. The number of carbonyl (C=O) groups is 1. The summed E-state index contributed by atoms with van der Waals surface area (Å²) in [6.07, 6.45) is 1.58. The molecule has 0 unspecified atom stereocenters.